The first-order valence-corrected chi connectivity index (χ1v) is 5.91. The van der Waals surface area contributed by atoms with E-state index in [0.29, 0.717) is 13.0 Å². The summed E-state index contributed by atoms with van der Waals surface area (Å²) in [6.45, 7) is 0.736. The zero-order valence-electron chi connectivity index (χ0n) is 10.8. The van der Waals surface area contributed by atoms with E-state index in [4.69, 9.17) is 9.84 Å². The van der Waals surface area contributed by atoms with Crippen LogP contribution in [0, 0.1) is 0 Å². The Morgan fingerprint density at radius 3 is 2.56 bits per heavy atom. The fraction of sp³-hybridized carbons (Fsp3) is 0.462. The van der Waals surface area contributed by atoms with Crippen LogP contribution in [0.15, 0.2) is 24.3 Å². The predicted molar refractivity (Wildman–Crippen MR) is 70.7 cm³/mol. The van der Waals surface area contributed by atoms with Crippen molar-refractivity contribution in [2.75, 3.05) is 32.1 Å². The molecule has 5 heteroatoms. The second kappa shape index (κ2) is 7.55. The van der Waals surface area contributed by atoms with Gasteiger partial charge >= 0.3 is 6.09 Å². The van der Waals surface area contributed by atoms with Crippen molar-refractivity contribution in [3.8, 4) is 0 Å². The van der Waals surface area contributed by atoms with Crippen molar-refractivity contribution in [2.24, 2.45) is 0 Å². The average Bonchev–Trinajstić information content (AvgIpc) is 2.37. The largest absolute Gasteiger partial charge is 0.445 e. The number of nitrogens with zero attached hydrogens (tertiary/aromatic N) is 1. The molecule has 1 amide bonds. The molecule has 0 fully saturated rings. The number of anilines is 1. The first-order valence-electron chi connectivity index (χ1n) is 5.91. The van der Waals surface area contributed by atoms with Crippen LogP contribution in [-0.4, -0.2) is 38.4 Å². The number of hydrogen-bond donors (Lipinski definition) is 2. The molecule has 2 N–H and O–H groups in total. The van der Waals surface area contributed by atoms with Crippen LogP contribution in [0.4, 0.5) is 10.5 Å². The van der Waals surface area contributed by atoms with Crippen LogP contribution < -0.4 is 10.2 Å². The number of aliphatic hydroxyl groups is 1. The summed E-state index contributed by atoms with van der Waals surface area (Å²) in [6.07, 6.45) is 0.0761. The van der Waals surface area contributed by atoms with Gasteiger partial charge < -0.3 is 20.1 Å². The van der Waals surface area contributed by atoms with Gasteiger partial charge in [-0.2, -0.15) is 0 Å². The van der Waals surface area contributed by atoms with E-state index < -0.39 is 6.09 Å². The number of carbonyl (C=O) groups excluding carboxylic acids is 1. The summed E-state index contributed by atoms with van der Waals surface area (Å²) < 4.78 is 5.03. The lowest BCUT2D eigenvalue weighted by Crippen LogP contribution is -2.25. The quantitative estimate of drug-likeness (QED) is 0.750. The van der Waals surface area contributed by atoms with Gasteiger partial charge in [0, 0.05) is 32.9 Å². The molecule has 0 radical (unpaired) electrons. The molecule has 18 heavy (non-hydrogen) atoms. The summed E-state index contributed by atoms with van der Waals surface area (Å²) in [5.41, 5.74) is 2.05. The lowest BCUT2D eigenvalue weighted by molar-refractivity contribution is 0.139. The highest BCUT2D eigenvalue weighted by molar-refractivity contribution is 5.67. The first kappa shape index (κ1) is 14.3. The van der Waals surface area contributed by atoms with Gasteiger partial charge in [0.1, 0.15) is 6.61 Å². The number of alkyl carbamates (subject to hydrolysis) is 1. The van der Waals surface area contributed by atoms with Crippen molar-refractivity contribution in [1.82, 2.24) is 5.32 Å². The van der Waals surface area contributed by atoms with Crippen LogP contribution in [-0.2, 0) is 11.3 Å². The second-order valence-electron chi connectivity index (χ2n) is 4.14. The van der Waals surface area contributed by atoms with Crippen molar-refractivity contribution >= 4 is 11.8 Å². The Labute approximate surface area is 107 Å². The van der Waals surface area contributed by atoms with Gasteiger partial charge in [-0.05, 0) is 24.1 Å². The van der Waals surface area contributed by atoms with Crippen LogP contribution in [0.3, 0.4) is 0 Å². The molecule has 0 heterocycles. The fourth-order valence-corrected chi connectivity index (χ4v) is 1.36. The van der Waals surface area contributed by atoms with E-state index in [1.54, 1.807) is 0 Å². The first-order chi connectivity index (χ1) is 8.63. The Morgan fingerprint density at radius 2 is 2.00 bits per heavy atom. The predicted octanol–water partition coefficient (Wildman–Crippen LogP) is 1.36. The number of rotatable bonds is 6. The van der Waals surface area contributed by atoms with Crippen molar-refractivity contribution in [3.05, 3.63) is 29.8 Å². The molecule has 0 unspecified atom stereocenters. The molecule has 1 aromatic rings. The summed E-state index contributed by atoms with van der Waals surface area (Å²) in [5.74, 6) is 0. The molecule has 1 aromatic carbocycles. The molecular weight excluding hydrogens is 232 g/mol. The number of nitrogens with one attached hydrogen (secondary N) is 1. The van der Waals surface area contributed by atoms with Gasteiger partial charge in [-0.15, -0.1) is 0 Å². The summed E-state index contributed by atoms with van der Waals surface area (Å²) >= 11 is 0. The topological polar surface area (TPSA) is 61.8 Å². The van der Waals surface area contributed by atoms with E-state index >= 15 is 0 Å². The third kappa shape index (κ3) is 5.05. The number of ether oxygens (including phenoxy) is 1. The Balaban J connectivity index is 2.32. The van der Waals surface area contributed by atoms with E-state index in [-0.39, 0.29) is 13.2 Å². The van der Waals surface area contributed by atoms with Gasteiger partial charge in [0.2, 0.25) is 0 Å². The number of benzene rings is 1. The standard InChI is InChI=1S/C13H20N2O3/c1-15(2)12-6-4-11(5-7-12)10-18-13(17)14-8-3-9-16/h4-7,16H,3,8-10H2,1-2H3,(H,14,17). The van der Waals surface area contributed by atoms with Crippen molar-refractivity contribution in [1.29, 1.82) is 0 Å². The highest BCUT2D eigenvalue weighted by Crippen LogP contribution is 2.12. The molecule has 0 saturated heterocycles. The van der Waals surface area contributed by atoms with Gasteiger partial charge in [-0.3, -0.25) is 0 Å². The van der Waals surface area contributed by atoms with Crippen LogP contribution in [0.25, 0.3) is 0 Å². The number of hydrogen-bond acceptors (Lipinski definition) is 4. The third-order valence-corrected chi connectivity index (χ3v) is 2.43. The van der Waals surface area contributed by atoms with Crippen LogP contribution >= 0.6 is 0 Å². The minimum absolute atomic E-state index is 0.0618. The normalized spacial score (nSPS) is 9.94. The smallest absolute Gasteiger partial charge is 0.407 e. The monoisotopic (exact) mass is 252 g/mol. The van der Waals surface area contributed by atoms with Gasteiger partial charge in [0.25, 0.3) is 0 Å². The van der Waals surface area contributed by atoms with E-state index in [1.165, 1.54) is 0 Å². The molecule has 0 aliphatic rings. The Bertz CT molecular complexity index is 363. The molecule has 5 nitrogen and oxygen atoms in total. The molecule has 0 aliphatic carbocycles. The Kier molecular flexibility index (Phi) is 6.00. The summed E-state index contributed by atoms with van der Waals surface area (Å²) in [7, 11) is 3.94. The lowest BCUT2D eigenvalue weighted by atomic mass is 10.2. The highest BCUT2D eigenvalue weighted by Gasteiger charge is 2.02. The second-order valence-corrected chi connectivity index (χ2v) is 4.14. The molecule has 100 valence electrons. The van der Waals surface area contributed by atoms with Gasteiger partial charge in [-0.1, -0.05) is 12.1 Å². The zero-order valence-corrected chi connectivity index (χ0v) is 10.8. The number of amides is 1. The molecule has 0 aromatic heterocycles. The summed E-state index contributed by atoms with van der Waals surface area (Å²) in [5, 5.41) is 11.1. The third-order valence-electron chi connectivity index (χ3n) is 2.43. The fourth-order valence-electron chi connectivity index (χ4n) is 1.36. The van der Waals surface area contributed by atoms with Gasteiger partial charge in [0.15, 0.2) is 0 Å². The summed E-state index contributed by atoms with van der Waals surface area (Å²) in [6, 6.07) is 7.80. The maximum Gasteiger partial charge on any atom is 0.407 e. The van der Waals surface area contributed by atoms with Gasteiger partial charge in [0.05, 0.1) is 0 Å². The molecule has 0 spiro atoms. The Morgan fingerprint density at radius 1 is 1.33 bits per heavy atom. The maximum absolute atomic E-state index is 11.2. The lowest BCUT2D eigenvalue weighted by Gasteiger charge is -2.12. The maximum atomic E-state index is 11.2. The SMILES string of the molecule is CN(C)c1ccc(COC(=O)NCCCO)cc1. The minimum Gasteiger partial charge on any atom is -0.445 e. The van der Waals surface area contributed by atoms with E-state index in [1.807, 2.05) is 43.3 Å². The molecule has 0 bridgehead atoms. The Hall–Kier alpha value is -1.75. The van der Waals surface area contributed by atoms with E-state index in [2.05, 4.69) is 5.32 Å². The molecule has 1 rings (SSSR count). The van der Waals surface area contributed by atoms with Crippen molar-refractivity contribution in [2.45, 2.75) is 13.0 Å². The number of aliphatic hydroxyl groups excluding tert-OH is 1. The van der Waals surface area contributed by atoms with Crippen LogP contribution in [0.2, 0.25) is 0 Å². The van der Waals surface area contributed by atoms with Crippen molar-refractivity contribution in [3.63, 3.8) is 0 Å². The van der Waals surface area contributed by atoms with E-state index in [9.17, 15) is 4.79 Å². The highest BCUT2D eigenvalue weighted by atomic mass is 16.5. The minimum atomic E-state index is -0.458. The van der Waals surface area contributed by atoms with Gasteiger partial charge in [-0.25, -0.2) is 4.79 Å². The zero-order chi connectivity index (χ0) is 13.4. The summed E-state index contributed by atoms with van der Waals surface area (Å²) in [4.78, 5) is 13.2. The van der Waals surface area contributed by atoms with Crippen LogP contribution in [0.1, 0.15) is 12.0 Å². The molecular formula is C13H20N2O3. The van der Waals surface area contributed by atoms with Crippen molar-refractivity contribution < 1.29 is 14.6 Å². The van der Waals surface area contributed by atoms with Crippen LogP contribution in [0.5, 0.6) is 0 Å². The molecule has 0 atom stereocenters. The molecule has 0 saturated carbocycles. The molecule has 0 aliphatic heterocycles. The average molecular weight is 252 g/mol. The number of carbonyl (C=O) groups is 1. The van der Waals surface area contributed by atoms with E-state index in [0.717, 1.165) is 11.3 Å².